The monoisotopic (exact) mass is 564 g/mol. The van der Waals surface area contributed by atoms with E-state index in [1.165, 1.54) is 32.1 Å². The molecule has 3 aromatic rings. The molecule has 7 nitrogen and oxygen atoms in total. The second-order valence-electron chi connectivity index (χ2n) is 10.9. The molecule has 0 bridgehead atoms. The van der Waals surface area contributed by atoms with Gasteiger partial charge in [0.15, 0.2) is 6.29 Å². The van der Waals surface area contributed by atoms with Crippen LogP contribution in [0.25, 0.3) is 0 Å². The Kier molecular flexibility index (Phi) is 9.55. The van der Waals surface area contributed by atoms with E-state index in [1.54, 1.807) is 42.5 Å². The molecule has 3 aromatic carbocycles. The third-order valence-electron chi connectivity index (χ3n) is 7.97. The van der Waals surface area contributed by atoms with Crippen LogP contribution in [0.1, 0.15) is 68.1 Å². The molecule has 4 unspecified atom stereocenters. The minimum absolute atomic E-state index is 0.00361. The average Bonchev–Trinajstić information content (AvgIpc) is 2.96. The Bertz CT molecular complexity index is 1320. The molecule has 0 amide bonds. The van der Waals surface area contributed by atoms with E-state index in [-0.39, 0.29) is 29.6 Å². The topological polar surface area (TPSA) is 88.1 Å². The van der Waals surface area contributed by atoms with E-state index < -0.39 is 16.3 Å². The van der Waals surface area contributed by atoms with Crippen molar-refractivity contribution in [2.45, 2.75) is 69.0 Å². The van der Waals surface area contributed by atoms with Crippen LogP contribution < -0.4 is 4.72 Å². The number of nitrogens with zero attached hydrogens (tertiary/aromatic N) is 1. The lowest BCUT2D eigenvalue weighted by atomic mass is 9.89. The predicted octanol–water partition coefficient (Wildman–Crippen LogP) is 6.04. The van der Waals surface area contributed by atoms with E-state index in [0.29, 0.717) is 5.69 Å². The molecule has 2 heterocycles. The Morgan fingerprint density at radius 2 is 1.55 bits per heavy atom. The molecule has 8 heteroatoms. The summed E-state index contributed by atoms with van der Waals surface area (Å²) in [4.78, 5) is 2.73. The summed E-state index contributed by atoms with van der Waals surface area (Å²) in [7, 11) is -3.73. The fourth-order valence-electron chi connectivity index (χ4n) is 5.64. The lowest BCUT2D eigenvalue weighted by Gasteiger charge is -2.43. The van der Waals surface area contributed by atoms with Gasteiger partial charge >= 0.3 is 0 Å². The summed E-state index contributed by atoms with van der Waals surface area (Å²) in [5.74, 6) is 0.0985. The maximum atomic E-state index is 13.0. The van der Waals surface area contributed by atoms with Gasteiger partial charge in [-0.25, -0.2) is 8.42 Å². The molecule has 40 heavy (non-hydrogen) atoms. The number of ether oxygens (including phenoxy) is 2. The van der Waals surface area contributed by atoms with Crippen molar-refractivity contribution >= 4 is 15.7 Å². The number of nitrogens with one attached hydrogen (secondary N) is 1. The van der Waals surface area contributed by atoms with E-state index in [2.05, 4.69) is 16.5 Å². The maximum Gasteiger partial charge on any atom is 0.261 e. The first-order valence-corrected chi connectivity index (χ1v) is 15.8. The number of hydrogen-bond donors (Lipinski definition) is 2. The van der Waals surface area contributed by atoms with Crippen molar-refractivity contribution in [1.82, 2.24) is 4.90 Å². The van der Waals surface area contributed by atoms with Crippen LogP contribution in [0, 0.1) is 5.92 Å². The Hall–Kier alpha value is -2.75. The molecule has 0 spiro atoms. The largest absolute Gasteiger partial charge is 0.392 e. The number of benzene rings is 3. The third-order valence-corrected chi connectivity index (χ3v) is 9.37. The van der Waals surface area contributed by atoms with Crippen molar-refractivity contribution in [3.05, 3.63) is 95.6 Å². The second kappa shape index (κ2) is 13.3. The van der Waals surface area contributed by atoms with Crippen LogP contribution in [0.4, 0.5) is 5.69 Å². The first kappa shape index (κ1) is 28.8. The van der Waals surface area contributed by atoms with E-state index in [4.69, 9.17) is 9.47 Å². The smallest absolute Gasteiger partial charge is 0.261 e. The zero-order valence-electron chi connectivity index (χ0n) is 23.1. The minimum Gasteiger partial charge on any atom is -0.392 e. The normalized spacial score (nSPS) is 24.6. The molecule has 4 atom stereocenters. The molecule has 2 fully saturated rings. The van der Waals surface area contributed by atoms with Gasteiger partial charge in [0.25, 0.3) is 10.0 Å². The number of anilines is 1. The summed E-state index contributed by atoms with van der Waals surface area (Å²) in [6.45, 7) is 5.15. The van der Waals surface area contributed by atoms with Gasteiger partial charge in [-0.1, -0.05) is 80.8 Å². The van der Waals surface area contributed by atoms with Gasteiger partial charge in [0, 0.05) is 23.7 Å². The van der Waals surface area contributed by atoms with Crippen LogP contribution in [0.3, 0.4) is 0 Å². The predicted molar refractivity (Wildman–Crippen MR) is 156 cm³/mol. The molecule has 2 aliphatic heterocycles. The number of aliphatic hydroxyl groups excluding tert-OH is 1. The summed E-state index contributed by atoms with van der Waals surface area (Å²) >= 11 is 0. The van der Waals surface area contributed by atoms with E-state index >= 15 is 0 Å². The first-order valence-electron chi connectivity index (χ1n) is 14.3. The van der Waals surface area contributed by atoms with E-state index in [1.807, 2.05) is 36.4 Å². The van der Waals surface area contributed by atoms with Crippen LogP contribution in [0.2, 0.25) is 0 Å². The molecule has 2 N–H and O–H groups in total. The number of hydrogen-bond acceptors (Lipinski definition) is 6. The molecule has 2 saturated heterocycles. The lowest BCUT2D eigenvalue weighted by molar-refractivity contribution is -0.276. The van der Waals surface area contributed by atoms with Crippen LogP contribution in [0.5, 0.6) is 0 Å². The zero-order valence-corrected chi connectivity index (χ0v) is 23.9. The third kappa shape index (κ3) is 7.11. The van der Waals surface area contributed by atoms with Crippen molar-refractivity contribution in [1.29, 1.82) is 0 Å². The van der Waals surface area contributed by atoms with Gasteiger partial charge in [0.2, 0.25) is 0 Å². The fourth-order valence-corrected chi connectivity index (χ4v) is 6.71. The van der Waals surface area contributed by atoms with Gasteiger partial charge in [0.05, 0.1) is 23.7 Å². The Morgan fingerprint density at radius 3 is 2.25 bits per heavy atom. The van der Waals surface area contributed by atoms with E-state index in [9.17, 15) is 13.5 Å². The average molecular weight is 565 g/mol. The maximum absolute atomic E-state index is 13.0. The Balaban J connectivity index is 1.40. The highest BCUT2D eigenvalue weighted by atomic mass is 32.2. The molecule has 0 aliphatic carbocycles. The second-order valence-corrected chi connectivity index (χ2v) is 12.6. The summed E-state index contributed by atoms with van der Waals surface area (Å²) in [6, 6.07) is 23.5. The summed E-state index contributed by atoms with van der Waals surface area (Å²) < 4.78 is 41.8. The molecule has 0 aromatic heterocycles. The summed E-state index contributed by atoms with van der Waals surface area (Å²) in [5, 5.41) is 9.52. The highest BCUT2D eigenvalue weighted by Crippen LogP contribution is 2.42. The first-order chi connectivity index (χ1) is 19.4. The van der Waals surface area contributed by atoms with Crippen LogP contribution in [-0.4, -0.2) is 44.2 Å². The minimum atomic E-state index is -3.73. The highest BCUT2D eigenvalue weighted by molar-refractivity contribution is 7.92. The van der Waals surface area contributed by atoms with Crippen LogP contribution >= 0.6 is 0 Å². The molecular formula is C32H40N2O5S. The molecule has 0 radical (unpaired) electrons. The van der Waals surface area contributed by atoms with Crippen molar-refractivity contribution in [3.8, 4) is 0 Å². The van der Waals surface area contributed by atoms with Crippen molar-refractivity contribution in [2.75, 3.05) is 24.4 Å². The Labute approximate surface area is 238 Å². The fraction of sp³-hybridized carbons (Fsp3) is 0.438. The van der Waals surface area contributed by atoms with Gasteiger partial charge in [-0.2, -0.15) is 0 Å². The van der Waals surface area contributed by atoms with Gasteiger partial charge in [-0.15, -0.1) is 0 Å². The SMILES string of the molecule is CC1C(CN2CCCCCCC2)OC(c2cccc(NS(=O)(=O)c3ccccc3)c2)OC1c1ccc(CO)cc1. The van der Waals surface area contributed by atoms with E-state index in [0.717, 1.165) is 36.3 Å². The molecule has 0 saturated carbocycles. The standard InChI is InChI=1S/C32H40N2O5S/c1-24-30(22-34-19-8-3-2-4-9-20-34)38-32(39-31(24)26-17-15-25(23-35)16-18-26)27-11-10-12-28(21-27)33-40(36,37)29-13-6-5-7-14-29/h5-7,10-18,21,24,30-33,35H,2-4,8-9,19-20,22-23H2,1H3. The van der Waals surface area contributed by atoms with Gasteiger partial charge in [-0.3, -0.25) is 4.72 Å². The van der Waals surface area contributed by atoms with Crippen molar-refractivity contribution < 1.29 is 23.0 Å². The molecule has 2 aliphatic rings. The van der Waals surface area contributed by atoms with Crippen molar-refractivity contribution in [3.63, 3.8) is 0 Å². The number of likely N-dealkylation sites (tertiary alicyclic amines) is 1. The lowest BCUT2D eigenvalue weighted by Crippen LogP contribution is -2.45. The zero-order chi connectivity index (χ0) is 28.0. The Morgan fingerprint density at radius 1 is 0.850 bits per heavy atom. The van der Waals surface area contributed by atoms with Gasteiger partial charge < -0.3 is 19.5 Å². The van der Waals surface area contributed by atoms with Crippen molar-refractivity contribution in [2.24, 2.45) is 5.92 Å². The number of rotatable bonds is 8. The molecule has 214 valence electrons. The molecular weight excluding hydrogens is 524 g/mol. The summed E-state index contributed by atoms with van der Waals surface area (Å²) in [5.41, 5.74) is 3.11. The number of aliphatic hydroxyl groups is 1. The number of sulfonamides is 1. The van der Waals surface area contributed by atoms with Gasteiger partial charge in [-0.05, 0) is 61.3 Å². The summed E-state index contributed by atoms with van der Waals surface area (Å²) in [6.07, 6.45) is 5.34. The van der Waals surface area contributed by atoms with Gasteiger partial charge in [0.1, 0.15) is 0 Å². The quantitative estimate of drug-likeness (QED) is 0.347. The molecule has 5 rings (SSSR count). The van der Waals surface area contributed by atoms with Crippen LogP contribution in [-0.2, 0) is 26.1 Å². The highest BCUT2D eigenvalue weighted by Gasteiger charge is 2.39. The van der Waals surface area contributed by atoms with Crippen LogP contribution in [0.15, 0.2) is 83.8 Å².